The molecule has 0 saturated heterocycles. The Morgan fingerprint density at radius 3 is 2.31 bits per heavy atom. The van der Waals surface area contributed by atoms with Gasteiger partial charge in [0.25, 0.3) is 11.8 Å². The van der Waals surface area contributed by atoms with Crippen LogP contribution in [0.4, 0.5) is 11.4 Å². The molecule has 0 aliphatic rings. The number of nitrogens with two attached hydrogens (primary N) is 2. The van der Waals surface area contributed by atoms with E-state index in [4.69, 9.17) is 16.3 Å². The molecule has 0 atom stereocenters. The van der Waals surface area contributed by atoms with E-state index in [0.717, 1.165) is 11.1 Å². The molecule has 0 radical (unpaired) electrons. The normalized spacial score (nSPS) is 12.2. The highest BCUT2D eigenvalue weighted by Crippen LogP contribution is 2.37. The van der Waals surface area contributed by atoms with Gasteiger partial charge in [-0.25, -0.2) is 5.84 Å². The monoisotopic (exact) mass is 513 g/mol. The van der Waals surface area contributed by atoms with E-state index < -0.39 is 5.91 Å². The summed E-state index contributed by atoms with van der Waals surface area (Å²) >= 11 is 4.54. The Morgan fingerprint density at radius 1 is 1.11 bits per heavy atom. The molecule has 0 heterocycles. The van der Waals surface area contributed by atoms with Gasteiger partial charge < -0.3 is 21.1 Å². The molecule has 0 unspecified atom stereocenters. The van der Waals surface area contributed by atoms with Gasteiger partial charge in [-0.1, -0.05) is 47.6 Å². The maximum atomic E-state index is 13.2. The van der Waals surface area contributed by atoms with Crippen molar-refractivity contribution in [3.05, 3.63) is 58.9 Å². The van der Waals surface area contributed by atoms with Crippen molar-refractivity contribution >= 4 is 35.8 Å². The first-order chi connectivity index (χ1) is 16.5. The van der Waals surface area contributed by atoms with Crippen molar-refractivity contribution in [3.8, 4) is 5.75 Å². The fraction of sp³-hybridized carbons (Fsp3) is 0.407. The van der Waals surface area contributed by atoms with Gasteiger partial charge in [0, 0.05) is 23.2 Å². The number of nitrogens with one attached hydrogen (secondary N) is 2. The maximum absolute atomic E-state index is 13.2. The number of rotatable bonds is 7. The zero-order valence-electron chi connectivity index (χ0n) is 22.4. The van der Waals surface area contributed by atoms with Gasteiger partial charge in [0.05, 0.1) is 18.5 Å². The van der Waals surface area contributed by atoms with Crippen LogP contribution in [0.2, 0.25) is 0 Å². The fourth-order valence-electron chi connectivity index (χ4n) is 3.30. The van der Waals surface area contributed by atoms with Gasteiger partial charge in [0.1, 0.15) is 5.70 Å². The predicted octanol–water partition coefficient (Wildman–Crippen LogP) is 4.48. The van der Waals surface area contributed by atoms with Crippen molar-refractivity contribution in [2.24, 2.45) is 17.0 Å². The van der Waals surface area contributed by atoms with Crippen LogP contribution < -0.4 is 32.0 Å². The molecule has 36 heavy (non-hydrogen) atoms. The Labute approximate surface area is 219 Å². The van der Waals surface area contributed by atoms with Crippen LogP contribution in [0, 0.1) is 12.3 Å². The largest absolute Gasteiger partial charge is 0.493 e. The minimum Gasteiger partial charge on any atom is -0.493 e. The summed E-state index contributed by atoms with van der Waals surface area (Å²) in [6.45, 7) is 14.6. The highest BCUT2D eigenvalue weighted by molar-refractivity contribution is 7.80. The van der Waals surface area contributed by atoms with E-state index in [-0.39, 0.29) is 22.4 Å². The SMILES string of the molecule is COc1c(S)cc(C(C)(C)C)cc1NC(=O)c1ccc(C)c(N(N)/C=C(\N)C(=O)NCC(C)(C)C)c1. The van der Waals surface area contributed by atoms with Crippen molar-refractivity contribution in [2.45, 2.75) is 58.8 Å². The van der Waals surface area contributed by atoms with Gasteiger partial charge in [-0.3, -0.25) is 14.6 Å². The average molecular weight is 514 g/mol. The number of anilines is 2. The smallest absolute Gasteiger partial charge is 0.268 e. The highest BCUT2D eigenvalue weighted by atomic mass is 32.1. The number of carbonyl (C=O) groups is 2. The first-order valence-electron chi connectivity index (χ1n) is 11.7. The minimum absolute atomic E-state index is 0.0407. The van der Waals surface area contributed by atoms with E-state index in [2.05, 4.69) is 44.0 Å². The lowest BCUT2D eigenvalue weighted by Gasteiger charge is -2.23. The number of benzene rings is 2. The topological polar surface area (TPSA) is 123 Å². The molecule has 196 valence electrons. The Balaban J connectivity index is 2.32. The summed E-state index contributed by atoms with van der Waals surface area (Å²) in [6, 6.07) is 8.94. The molecule has 2 aromatic carbocycles. The fourth-order valence-corrected chi connectivity index (χ4v) is 3.65. The second kappa shape index (κ2) is 11.3. The Bertz CT molecular complexity index is 1160. The molecule has 8 nitrogen and oxygen atoms in total. The third-order valence-corrected chi connectivity index (χ3v) is 5.79. The van der Waals surface area contributed by atoms with E-state index >= 15 is 0 Å². The molecule has 0 bridgehead atoms. The van der Waals surface area contributed by atoms with Gasteiger partial charge >= 0.3 is 0 Å². The number of methoxy groups -OCH3 is 1. The summed E-state index contributed by atoms with van der Waals surface area (Å²) in [5.41, 5.74) is 8.92. The third kappa shape index (κ3) is 7.66. The van der Waals surface area contributed by atoms with Gasteiger partial charge in [0.15, 0.2) is 5.75 Å². The summed E-state index contributed by atoms with van der Waals surface area (Å²) in [4.78, 5) is 26.2. The second-order valence-corrected chi connectivity index (χ2v) is 11.5. The van der Waals surface area contributed by atoms with Crippen LogP contribution in [0.25, 0.3) is 0 Å². The zero-order valence-corrected chi connectivity index (χ0v) is 23.3. The molecule has 2 rings (SSSR count). The number of nitrogens with zero attached hydrogens (tertiary/aromatic N) is 1. The molecule has 6 N–H and O–H groups in total. The lowest BCUT2D eigenvalue weighted by molar-refractivity contribution is -0.117. The van der Waals surface area contributed by atoms with Crippen LogP contribution in [0.15, 0.2) is 47.1 Å². The zero-order chi connectivity index (χ0) is 27.4. The number of ether oxygens (including phenoxy) is 1. The Kier molecular flexibility index (Phi) is 9.09. The molecule has 0 aliphatic heterocycles. The minimum atomic E-state index is -0.416. The summed E-state index contributed by atoms with van der Waals surface area (Å²) < 4.78 is 5.49. The first kappa shape index (κ1) is 29.1. The van der Waals surface area contributed by atoms with E-state index in [1.54, 1.807) is 18.2 Å². The molecule has 2 aromatic rings. The Hall–Kier alpha value is -3.17. The van der Waals surface area contributed by atoms with Crippen LogP contribution in [-0.2, 0) is 10.2 Å². The number of hydrazine groups is 1. The standard InChI is InChI=1S/C27H39N5O3S/c1-16-9-10-17(11-21(16)32(29)14-19(28)25(34)30-15-26(2,3)4)24(33)31-20-12-18(27(5,6)7)13-22(36)23(20)35-8/h9-14,36H,15,28-29H2,1-8H3,(H,30,34)(H,31,33)/b19-14-. The molecular weight excluding hydrogens is 474 g/mol. The van der Waals surface area contributed by atoms with Crippen molar-refractivity contribution < 1.29 is 14.3 Å². The van der Waals surface area contributed by atoms with Crippen LogP contribution in [0.5, 0.6) is 5.75 Å². The summed E-state index contributed by atoms with van der Waals surface area (Å²) in [7, 11) is 1.53. The van der Waals surface area contributed by atoms with E-state index in [1.807, 2.05) is 39.8 Å². The van der Waals surface area contributed by atoms with Gasteiger partial charge in [-0.2, -0.15) is 0 Å². The number of hydrogen-bond donors (Lipinski definition) is 5. The maximum Gasteiger partial charge on any atom is 0.268 e. The number of carbonyl (C=O) groups excluding carboxylic acids is 2. The van der Waals surface area contributed by atoms with Crippen LogP contribution in [-0.4, -0.2) is 25.5 Å². The van der Waals surface area contributed by atoms with Gasteiger partial charge in [-0.05, 0) is 53.1 Å². The van der Waals surface area contributed by atoms with Crippen molar-refractivity contribution in [2.75, 3.05) is 24.0 Å². The summed E-state index contributed by atoms with van der Waals surface area (Å²) in [5, 5.41) is 6.96. The average Bonchev–Trinajstić information content (AvgIpc) is 2.76. The number of aryl methyl sites for hydroxylation is 1. The van der Waals surface area contributed by atoms with Crippen molar-refractivity contribution in [1.29, 1.82) is 0 Å². The molecular formula is C27H39N5O3S. The number of hydrogen-bond acceptors (Lipinski definition) is 7. The van der Waals surface area contributed by atoms with E-state index in [1.165, 1.54) is 18.3 Å². The van der Waals surface area contributed by atoms with Crippen LogP contribution >= 0.6 is 12.6 Å². The molecule has 0 aliphatic carbocycles. The lowest BCUT2D eigenvalue weighted by Crippen LogP contribution is -2.37. The lowest BCUT2D eigenvalue weighted by atomic mass is 9.86. The number of amides is 2. The van der Waals surface area contributed by atoms with E-state index in [0.29, 0.717) is 34.1 Å². The van der Waals surface area contributed by atoms with Gasteiger partial charge in [-0.15, -0.1) is 12.6 Å². The van der Waals surface area contributed by atoms with Gasteiger partial charge in [0.2, 0.25) is 0 Å². The summed E-state index contributed by atoms with van der Waals surface area (Å²) in [6.07, 6.45) is 1.34. The van der Waals surface area contributed by atoms with Crippen molar-refractivity contribution in [1.82, 2.24) is 5.32 Å². The van der Waals surface area contributed by atoms with Crippen LogP contribution in [0.3, 0.4) is 0 Å². The molecule has 2 amide bonds. The van der Waals surface area contributed by atoms with Crippen molar-refractivity contribution in [3.63, 3.8) is 0 Å². The molecule has 0 spiro atoms. The quantitative estimate of drug-likeness (QED) is 0.161. The van der Waals surface area contributed by atoms with E-state index in [9.17, 15) is 9.59 Å². The molecule has 0 fully saturated rings. The molecule has 0 aromatic heterocycles. The Morgan fingerprint density at radius 2 is 1.75 bits per heavy atom. The molecule has 0 saturated carbocycles. The van der Waals surface area contributed by atoms with Crippen LogP contribution in [0.1, 0.15) is 63.0 Å². The number of thiol groups is 1. The predicted molar refractivity (Wildman–Crippen MR) is 149 cm³/mol. The first-order valence-corrected chi connectivity index (χ1v) is 12.1. The molecule has 9 heteroatoms. The second-order valence-electron chi connectivity index (χ2n) is 11.0. The highest BCUT2D eigenvalue weighted by Gasteiger charge is 2.21. The third-order valence-electron chi connectivity index (χ3n) is 5.46. The summed E-state index contributed by atoms with van der Waals surface area (Å²) in [5.74, 6) is 5.92.